The van der Waals surface area contributed by atoms with Crippen molar-refractivity contribution in [3.8, 4) is 5.75 Å². The number of hydrogen-bond donors (Lipinski definition) is 1. The molecule has 5 heteroatoms. The normalized spacial score (nSPS) is 13.6. The monoisotopic (exact) mass is 298 g/mol. The predicted molar refractivity (Wildman–Crippen MR) is 80.8 cm³/mol. The lowest BCUT2D eigenvalue weighted by atomic mass is 10.1. The Kier molecular flexibility index (Phi) is 6.75. The molecule has 0 radical (unpaired) electrons. The Morgan fingerprint density at radius 1 is 1.30 bits per heavy atom. The molecular formula is C15H22O4S. The zero-order valence-electron chi connectivity index (χ0n) is 12.0. The van der Waals surface area contributed by atoms with Crippen LogP contribution in [0, 0.1) is 0 Å². The summed E-state index contributed by atoms with van der Waals surface area (Å²) in [6, 6.07) is 7.55. The van der Waals surface area contributed by atoms with Gasteiger partial charge in [0.15, 0.2) is 9.84 Å². The minimum Gasteiger partial charge on any atom is -0.494 e. The third-order valence-corrected chi connectivity index (χ3v) is 3.40. The van der Waals surface area contributed by atoms with Crippen molar-refractivity contribution in [3.63, 3.8) is 0 Å². The van der Waals surface area contributed by atoms with Gasteiger partial charge in [-0.1, -0.05) is 31.2 Å². The molecular weight excluding hydrogens is 276 g/mol. The quantitative estimate of drug-likeness (QED) is 0.745. The van der Waals surface area contributed by atoms with E-state index >= 15 is 0 Å². The molecule has 20 heavy (non-hydrogen) atoms. The van der Waals surface area contributed by atoms with Crippen molar-refractivity contribution >= 4 is 9.84 Å². The van der Waals surface area contributed by atoms with Crippen molar-refractivity contribution in [2.24, 2.45) is 0 Å². The second kappa shape index (κ2) is 8.07. The molecule has 0 saturated carbocycles. The molecule has 0 aromatic heterocycles. The fourth-order valence-electron chi connectivity index (χ4n) is 1.64. The fourth-order valence-corrected chi connectivity index (χ4v) is 2.10. The SMILES string of the molecule is CCCOc1ccc(CC(O)/C=C/CS(C)(=O)=O)cc1. The molecule has 0 fully saturated rings. The van der Waals surface area contributed by atoms with Crippen molar-refractivity contribution in [1.29, 1.82) is 0 Å². The molecule has 1 rings (SSSR count). The molecule has 0 aliphatic rings. The first-order valence-electron chi connectivity index (χ1n) is 6.65. The van der Waals surface area contributed by atoms with Crippen molar-refractivity contribution in [2.75, 3.05) is 18.6 Å². The summed E-state index contributed by atoms with van der Waals surface area (Å²) in [7, 11) is -3.02. The van der Waals surface area contributed by atoms with Crippen LogP contribution in [0.4, 0.5) is 0 Å². The standard InChI is InChI=1S/C15H22O4S/c1-3-10-19-15-8-6-13(7-9-15)12-14(16)5-4-11-20(2,17)18/h4-9,14,16H,3,10-12H2,1-2H3/b5-4+. The number of aliphatic hydroxyl groups excluding tert-OH is 1. The second-order valence-electron chi connectivity index (χ2n) is 4.78. The van der Waals surface area contributed by atoms with E-state index in [9.17, 15) is 13.5 Å². The molecule has 1 unspecified atom stereocenters. The van der Waals surface area contributed by atoms with Gasteiger partial charge in [0.1, 0.15) is 5.75 Å². The summed E-state index contributed by atoms with van der Waals surface area (Å²) < 4.78 is 27.4. The number of hydrogen-bond acceptors (Lipinski definition) is 4. The molecule has 0 saturated heterocycles. The highest BCUT2D eigenvalue weighted by Gasteiger charge is 2.03. The van der Waals surface area contributed by atoms with Gasteiger partial charge in [-0.2, -0.15) is 0 Å². The maximum Gasteiger partial charge on any atom is 0.150 e. The highest BCUT2D eigenvalue weighted by Crippen LogP contribution is 2.14. The minimum absolute atomic E-state index is 0.0478. The average Bonchev–Trinajstić information content (AvgIpc) is 2.36. The van der Waals surface area contributed by atoms with Gasteiger partial charge < -0.3 is 9.84 Å². The first kappa shape index (κ1) is 16.7. The zero-order chi connectivity index (χ0) is 15.0. The minimum atomic E-state index is -3.02. The van der Waals surface area contributed by atoms with Gasteiger partial charge in [-0.05, 0) is 24.1 Å². The fraction of sp³-hybridized carbons (Fsp3) is 0.467. The van der Waals surface area contributed by atoms with Crippen molar-refractivity contribution < 1.29 is 18.3 Å². The highest BCUT2D eigenvalue weighted by molar-refractivity contribution is 7.90. The third-order valence-electron chi connectivity index (χ3n) is 2.60. The molecule has 1 atom stereocenters. The lowest BCUT2D eigenvalue weighted by Crippen LogP contribution is -2.08. The van der Waals surface area contributed by atoms with E-state index in [1.54, 1.807) is 0 Å². The van der Waals surface area contributed by atoms with Gasteiger partial charge in [-0.3, -0.25) is 0 Å². The average molecular weight is 298 g/mol. The van der Waals surface area contributed by atoms with Crippen LogP contribution >= 0.6 is 0 Å². The van der Waals surface area contributed by atoms with Gasteiger partial charge in [0.05, 0.1) is 18.5 Å². The molecule has 0 amide bonds. The van der Waals surface area contributed by atoms with Crippen LogP contribution in [0.3, 0.4) is 0 Å². The number of benzene rings is 1. The zero-order valence-corrected chi connectivity index (χ0v) is 12.8. The Balaban J connectivity index is 2.47. The maximum atomic E-state index is 10.9. The van der Waals surface area contributed by atoms with E-state index in [0.29, 0.717) is 13.0 Å². The third kappa shape index (κ3) is 7.31. The van der Waals surface area contributed by atoms with Gasteiger partial charge in [-0.25, -0.2) is 8.42 Å². The van der Waals surface area contributed by atoms with E-state index in [0.717, 1.165) is 17.7 Å². The summed E-state index contributed by atoms with van der Waals surface area (Å²) in [4.78, 5) is 0. The number of sulfone groups is 1. The van der Waals surface area contributed by atoms with E-state index < -0.39 is 15.9 Å². The summed E-state index contributed by atoms with van der Waals surface area (Å²) in [6.07, 6.45) is 4.90. The maximum absolute atomic E-state index is 10.9. The lowest BCUT2D eigenvalue weighted by Gasteiger charge is -2.08. The molecule has 1 aromatic rings. The molecule has 112 valence electrons. The topological polar surface area (TPSA) is 63.6 Å². The molecule has 1 aromatic carbocycles. The van der Waals surface area contributed by atoms with E-state index in [4.69, 9.17) is 4.74 Å². The van der Waals surface area contributed by atoms with Gasteiger partial charge in [-0.15, -0.1) is 0 Å². The number of aliphatic hydroxyl groups is 1. The first-order chi connectivity index (χ1) is 9.40. The van der Waals surface area contributed by atoms with Crippen LogP contribution in [-0.4, -0.2) is 38.2 Å². The van der Waals surface area contributed by atoms with E-state index in [2.05, 4.69) is 0 Å². The molecule has 0 aliphatic carbocycles. The van der Waals surface area contributed by atoms with E-state index in [1.165, 1.54) is 18.4 Å². The molecule has 0 bridgehead atoms. The van der Waals surface area contributed by atoms with Crippen LogP contribution in [-0.2, 0) is 16.3 Å². The Morgan fingerprint density at radius 3 is 2.50 bits per heavy atom. The van der Waals surface area contributed by atoms with Gasteiger partial charge in [0.2, 0.25) is 0 Å². The smallest absolute Gasteiger partial charge is 0.150 e. The second-order valence-corrected chi connectivity index (χ2v) is 6.97. The van der Waals surface area contributed by atoms with Crippen LogP contribution < -0.4 is 4.74 Å². The van der Waals surface area contributed by atoms with Crippen molar-refractivity contribution in [3.05, 3.63) is 42.0 Å². The Labute approximate surface area is 121 Å². The predicted octanol–water partition coefficient (Wildman–Crippen LogP) is 1.98. The molecule has 0 heterocycles. The molecule has 4 nitrogen and oxygen atoms in total. The highest BCUT2D eigenvalue weighted by atomic mass is 32.2. The molecule has 1 N–H and O–H groups in total. The Morgan fingerprint density at radius 2 is 1.95 bits per heavy atom. The first-order valence-corrected chi connectivity index (χ1v) is 8.71. The van der Waals surface area contributed by atoms with Crippen LogP contribution in [0.2, 0.25) is 0 Å². The van der Waals surface area contributed by atoms with Crippen LogP contribution in [0.1, 0.15) is 18.9 Å². The van der Waals surface area contributed by atoms with Crippen molar-refractivity contribution in [1.82, 2.24) is 0 Å². The number of rotatable bonds is 8. The Hall–Kier alpha value is -1.33. The summed E-state index contributed by atoms with van der Waals surface area (Å²) in [5.41, 5.74) is 0.977. The Bertz CT molecular complexity index is 517. The van der Waals surface area contributed by atoms with Gasteiger partial charge in [0, 0.05) is 12.7 Å². The summed E-state index contributed by atoms with van der Waals surface area (Å²) in [5.74, 6) is 0.770. The number of ether oxygens (including phenoxy) is 1. The summed E-state index contributed by atoms with van der Waals surface area (Å²) in [6.45, 7) is 2.74. The van der Waals surface area contributed by atoms with Crippen LogP contribution in [0.15, 0.2) is 36.4 Å². The summed E-state index contributed by atoms with van der Waals surface area (Å²) >= 11 is 0. The summed E-state index contributed by atoms with van der Waals surface area (Å²) in [5, 5.41) is 9.80. The molecule has 0 spiro atoms. The van der Waals surface area contributed by atoms with Gasteiger partial charge >= 0.3 is 0 Å². The van der Waals surface area contributed by atoms with Gasteiger partial charge in [0.25, 0.3) is 0 Å². The van der Waals surface area contributed by atoms with Crippen LogP contribution in [0.25, 0.3) is 0 Å². The molecule has 0 aliphatic heterocycles. The largest absolute Gasteiger partial charge is 0.494 e. The van der Waals surface area contributed by atoms with E-state index in [1.807, 2.05) is 31.2 Å². The van der Waals surface area contributed by atoms with Crippen molar-refractivity contribution in [2.45, 2.75) is 25.9 Å². The van der Waals surface area contributed by atoms with E-state index in [-0.39, 0.29) is 5.75 Å². The lowest BCUT2D eigenvalue weighted by molar-refractivity contribution is 0.223. The van der Waals surface area contributed by atoms with Crippen LogP contribution in [0.5, 0.6) is 5.75 Å².